The van der Waals surface area contributed by atoms with Crippen molar-refractivity contribution in [2.45, 2.75) is 11.8 Å². The number of ether oxygens (including phenoxy) is 1. The summed E-state index contributed by atoms with van der Waals surface area (Å²) in [6.07, 6.45) is 0. The molecule has 0 bridgehead atoms. The molecule has 0 aromatic heterocycles. The van der Waals surface area contributed by atoms with Gasteiger partial charge in [0.2, 0.25) is 0 Å². The predicted molar refractivity (Wildman–Crippen MR) is 87.6 cm³/mol. The Labute approximate surface area is 139 Å². The monoisotopic (exact) mass is 420 g/mol. The van der Waals surface area contributed by atoms with Gasteiger partial charge in [0, 0.05) is 10.6 Å². The van der Waals surface area contributed by atoms with E-state index >= 15 is 0 Å². The maximum atomic E-state index is 13.7. The molecule has 2 rings (SSSR count). The SMILES string of the molecule is COc1c(Br)cc(Cl)cc1C(Br)c1ccc(C)c(F)c1. The number of methoxy groups -OCH3 is 1. The Morgan fingerprint density at radius 2 is 1.95 bits per heavy atom. The van der Waals surface area contributed by atoms with Crippen molar-refractivity contribution in [3.63, 3.8) is 0 Å². The fourth-order valence-electron chi connectivity index (χ4n) is 1.93. The van der Waals surface area contributed by atoms with Crippen LogP contribution >= 0.6 is 43.5 Å². The normalized spacial score (nSPS) is 12.3. The Morgan fingerprint density at radius 3 is 2.55 bits per heavy atom. The molecule has 0 fully saturated rings. The molecule has 0 spiro atoms. The van der Waals surface area contributed by atoms with E-state index in [-0.39, 0.29) is 10.6 Å². The lowest BCUT2D eigenvalue weighted by molar-refractivity contribution is 0.408. The molecule has 0 N–H and O–H groups in total. The standard InChI is InChI=1S/C15H12Br2ClFO/c1-8-3-4-9(5-13(8)19)14(17)11-6-10(18)7-12(16)15(11)20-2/h3-7,14H,1-2H3. The van der Waals surface area contributed by atoms with Gasteiger partial charge in [-0.25, -0.2) is 4.39 Å². The number of hydrogen-bond acceptors (Lipinski definition) is 1. The number of benzene rings is 2. The van der Waals surface area contributed by atoms with Crippen molar-refractivity contribution in [2.75, 3.05) is 7.11 Å². The molecular formula is C15H12Br2ClFO. The second-order valence-corrected chi connectivity index (χ2v) is 6.59. The van der Waals surface area contributed by atoms with Crippen molar-refractivity contribution in [3.8, 4) is 5.75 Å². The predicted octanol–water partition coefficient (Wildman–Crippen LogP) is 6.04. The van der Waals surface area contributed by atoms with Crippen LogP contribution in [0.25, 0.3) is 0 Å². The summed E-state index contributed by atoms with van der Waals surface area (Å²) in [5.74, 6) is 0.448. The molecule has 1 unspecified atom stereocenters. The Bertz CT molecular complexity index is 646. The molecule has 0 aliphatic heterocycles. The zero-order valence-corrected chi connectivity index (χ0v) is 14.8. The van der Waals surface area contributed by atoms with E-state index in [1.54, 1.807) is 26.2 Å². The molecule has 2 aromatic carbocycles. The van der Waals surface area contributed by atoms with Gasteiger partial charge in [-0.2, -0.15) is 0 Å². The highest BCUT2D eigenvalue weighted by atomic mass is 79.9. The maximum Gasteiger partial charge on any atom is 0.137 e. The van der Waals surface area contributed by atoms with E-state index in [1.165, 1.54) is 6.07 Å². The fraction of sp³-hybridized carbons (Fsp3) is 0.200. The van der Waals surface area contributed by atoms with Crippen molar-refractivity contribution in [3.05, 3.63) is 62.3 Å². The molecule has 0 radical (unpaired) electrons. The van der Waals surface area contributed by atoms with Crippen molar-refractivity contribution >= 4 is 43.5 Å². The first-order valence-electron chi connectivity index (χ1n) is 5.87. The van der Waals surface area contributed by atoms with Crippen LogP contribution in [0.1, 0.15) is 21.5 Å². The van der Waals surface area contributed by atoms with E-state index in [9.17, 15) is 4.39 Å². The molecule has 0 saturated carbocycles. The maximum absolute atomic E-state index is 13.7. The van der Waals surface area contributed by atoms with Gasteiger partial charge in [-0.15, -0.1) is 0 Å². The van der Waals surface area contributed by atoms with Crippen molar-refractivity contribution in [1.29, 1.82) is 0 Å². The molecule has 5 heteroatoms. The summed E-state index contributed by atoms with van der Waals surface area (Å²) in [5.41, 5.74) is 2.27. The molecule has 2 aromatic rings. The van der Waals surface area contributed by atoms with E-state index < -0.39 is 0 Å². The van der Waals surface area contributed by atoms with Gasteiger partial charge >= 0.3 is 0 Å². The fourth-order valence-corrected chi connectivity index (χ4v) is 3.55. The zero-order valence-electron chi connectivity index (χ0n) is 10.9. The van der Waals surface area contributed by atoms with Crippen LogP contribution in [0.5, 0.6) is 5.75 Å². The Morgan fingerprint density at radius 1 is 1.25 bits per heavy atom. The van der Waals surface area contributed by atoms with Crippen molar-refractivity contribution in [1.82, 2.24) is 0 Å². The number of aryl methyl sites for hydroxylation is 1. The topological polar surface area (TPSA) is 9.23 Å². The third-order valence-corrected chi connectivity index (χ3v) is 4.83. The Hall–Kier alpha value is -0.580. The Balaban J connectivity index is 2.52. The lowest BCUT2D eigenvalue weighted by Crippen LogP contribution is -1.99. The molecule has 1 nitrogen and oxygen atoms in total. The first-order chi connectivity index (χ1) is 9.43. The molecule has 0 aliphatic rings. The first-order valence-corrected chi connectivity index (χ1v) is 7.95. The smallest absolute Gasteiger partial charge is 0.137 e. The highest BCUT2D eigenvalue weighted by Gasteiger charge is 2.19. The quantitative estimate of drug-likeness (QED) is 0.548. The first kappa shape index (κ1) is 15.8. The minimum Gasteiger partial charge on any atom is -0.495 e. The molecule has 106 valence electrons. The van der Waals surface area contributed by atoms with Crippen LogP contribution in [0, 0.1) is 12.7 Å². The van der Waals surface area contributed by atoms with Crippen LogP contribution in [-0.2, 0) is 0 Å². The highest BCUT2D eigenvalue weighted by molar-refractivity contribution is 9.10. The summed E-state index contributed by atoms with van der Waals surface area (Å²) in [7, 11) is 1.59. The van der Waals surface area contributed by atoms with Crippen LogP contribution in [0.4, 0.5) is 4.39 Å². The minimum absolute atomic E-state index is 0.206. The summed E-state index contributed by atoms with van der Waals surface area (Å²) in [5, 5.41) is 0.588. The molecule has 0 aliphatic carbocycles. The van der Waals surface area contributed by atoms with Gasteiger partial charge in [-0.05, 0) is 52.2 Å². The van der Waals surface area contributed by atoms with E-state index in [1.807, 2.05) is 12.1 Å². The van der Waals surface area contributed by atoms with E-state index in [4.69, 9.17) is 16.3 Å². The van der Waals surface area contributed by atoms with Gasteiger partial charge in [-0.1, -0.05) is 39.7 Å². The highest BCUT2D eigenvalue weighted by Crippen LogP contribution is 2.42. The summed E-state index contributed by atoms with van der Waals surface area (Å²) < 4.78 is 19.9. The second-order valence-electron chi connectivity index (χ2n) is 4.38. The summed E-state index contributed by atoms with van der Waals surface area (Å²) in [6, 6.07) is 8.72. The average Bonchev–Trinajstić information content (AvgIpc) is 2.40. The molecule has 0 amide bonds. The van der Waals surface area contributed by atoms with Gasteiger partial charge in [0.15, 0.2) is 0 Å². The summed E-state index contributed by atoms with van der Waals surface area (Å²) >= 11 is 13.1. The minimum atomic E-state index is -0.230. The van der Waals surface area contributed by atoms with Crippen molar-refractivity contribution < 1.29 is 9.13 Å². The summed E-state index contributed by atoms with van der Waals surface area (Å²) in [6.45, 7) is 1.74. The van der Waals surface area contributed by atoms with Crippen LogP contribution in [0.3, 0.4) is 0 Å². The van der Waals surface area contributed by atoms with Gasteiger partial charge in [0.1, 0.15) is 11.6 Å². The van der Waals surface area contributed by atoms with Gasteiger partial charge in [-0.3, -0.25) is 0 Å². The number of alkyl halides is 1. The number of hydrogen-bond donors (Lipinski definition) is 0. The average molecular weight is 423 g/mol. The zero-order chi connectivity index (χ0) is 14.9. The van der Waals surface area contributed by atoms with E-state index in [0.29, 0.717) is 16.3 Å². The van der Waals surface area contributed by atoms with Gasteiger partial charge in [0.25, 0.3) is 0 Å². The van der Waals surface area contributed by atoms with E-state index in [0.717, 1.165) is 15.6 Å². The third-order valence-electron chi connectivity index (χ3n) is 3.00. The Kier molecular flexibility index (Phi) is 5.10. The van der Waals surface area contributed by atoms with E-state index in [2.05, 4.69) is 31.9 Å². The number of rotatable bonds is 3. The second kappa shape index (κ2) is 6.46. The molecule has 0 saturated heterocycles. The lowest BCUT2D eigenvalue weighted by Gasteiger charge is -2.17. The molecule has 1 atom stereocenters. The number of halogens is 4. The van der Waals surface area contributed by atoms with Crippen LogP contribution < -0.4 is 4.74 Å². The van der Waals surface area contributed by atoms with Gasteiger partial charge in [0.05, 0.1) is 16.4 Å². The summed E-state index contributed by atoms with van der Waals surface area (Å²) in [4.78, 5) is -0.206. The van der Waals surface area contributed by atoms with Crippen LogP contribution in [0.15, 0.2) is 34.8 Å². The van der Waals surface area contributed by atoms with Crippen molar-refractivity contribution in [2.24, 2.45) is 0 Å². The largest absolute Gasteiger partial charge is 0.495 e. The molecule has 20 heavy (non-hydrogen) atoms. The lowest BCUT2D eigenvalue weighted by atomic mass is 10.0. The molecular weight excluding hydrogens is 410 g/mol. The van der Waals surface area contributed by atoms with Gasteiger partial charge < -0.3 is 4.74 Å². The molecule has 0 heterocycles. The third kappa shape index (κ3) is 3.18. The van der Waals surface area contributed by atoms with Crippen LogP contribution in [-0.4, -0.2) is 7.11 Å². The van der Waals surface area contributed by atoms with Crippen LogP contribution in [0.2, 0.25) is 5.02 Å².